The Balaban J connectivity index is 2.28. The van der Waals surface area contributed by atoms with Crippen molar-refractivity contribution < 1.29 is 0 Å². The van der Waals surface area contributed by atoms with Crippen LogP contribution in [0.3, 0.4) is 0 Å². The average molecular weight is 324 g/mol. The van der Waals surface area contributed by atoms with Crippen molar-refractivity contribution in [1.82, 2.24) is 5.43 Å². The molecule has 0 spiro atoms. The molecule has 0 heterocycles. The predicted octanol–water partition coefficient (Wildman–Crippen LogP) is 3.81. The van der Waals surface area contributed by atoms with Crippen LogP contribution in [-0.2, 0) is 6.42 Å². The minimum Gasteiger partial charge on any atom is -0.378 e. The van der Waals surface area contributed by atoms with Crippen LogP contribution in [0.1, 0.15) is 17.2 Å². The minimum absolute atomic E-state index is 0.0270. The second kappa shape index (κ2) is 7.14. The van der Waals surface area contributed by atoms with Gasteiger partial charge in [0.15, 0.2) is 0 Å². The maximum atomic E-state index is 6.25. The maximum absolute atomic E-state index is 6.25. The third-order valence-corrected chi connectivity index (χ3v) is 4.30. The average Bonchev–Trinajstić information content (AvgIpc) is 2.49. The van der Waals surface area contributed by atoms with E-state index in [9.17, 15) is 0 Å². The lowest BCUT2D eigenvalue weighted by Gasteiger charge is -2.20. The van der Waals surface area contributed by atoms with E-state index in [0.717, 1.165) is 16.8 Å². The van der Waals surface area contributed by atoms with E-state index < -0.39 is 0 Å². The van der Waals surface area contributed by atoms with Crippen molar-refractivity contribution in [2.45, 2.75) is 12.5 Å². The molecule has 3 nitrogen and oxygen atoms in total. The normalized spacial score (nSPS) is 12.2. The van der Waals surface area contributed by atoms with Gasteiger partial charge < -0.3 is 4.90 Å². The summed E-state index contributed by atoms with van der Waals surface area (Å²) in [6, 6.07) is 13.9. The Bertz CT molecular complexity index is 614. The Labute approximate surface area is 135 Å². The second-order valence-corrected chi connectivity index (χ2v) is 5.91. The van der Waals surface area contributed by atoms with Gasteiger partial charge in [-0.15, -0.1) is 0 Å². The van der Waals surface area contributed by atoms with Crippen LogP contribution in [0.25, 0.3) is 0 Å². The van der Waals surface area contributed by atoms with E-state index in [1.54, 1.807) is 6.07 Å². The molecule has 0 saturated carbocycles. The molecule has 2 rings (SSSR count). The Kier molecular flexibility index (Phi) is 5.48. The van der Waals surface area contributed by atoms with Gasteiger partial charge >= 0.3 is 0 Å². The van der Waals surface area contributed by atoms with Crippen molar-refractivity contribution >= 4 is 28.9 Å². The van der Waals surface area contributed by atoms with Gasteiger partial charge in [-0.25, -0.2) is 0 Å². The SMILES string of the molecule is CN(C)c1cccc(C(Cc2cccc(Cl)c2Cl)NN)c1. The number of rotatable bonds is 5. The molecule has 0 fully saturated rings. The summed E-state index contributed by atoms with van der Waals surface area (Å²) in [5, 5.41) is 1.15. The minimum atomic E-state index is -0.0270. The van der Waals surface area contributed by atoms with Gasteiger partial charge in [0, 0.05) is 19.8 Å². The monoisotopic (exact) mass is 323 g/mol. The molecule has 2 aromatic carbocycles. The van der Waals surface area contributed by atoms with Crippen LogP contribution < -0.4 is 16.2 Å². The van der Waals surface area contributed by atoms with E-state index in [0.29, 0.717) is 16.5 Å². The molecule has 5 heteroatoms. The van der Waals surface area contributed by atoms with Crippen molar-refractivity contribution in [2.75, 3.05) is 19.0 Å². The van der Waals surface area contributed by atoms with Gasteiger partial charge in [-0.3, -0.25) is 11.3 Å². The molecule has 2 aromatic rings. The fraction of sp³-hybridized carbons (Fsp3) is 0.250. The molecule has 0 aliphatic rings. The highest BCUT2D eigenvalue weighted by molar-refractivity contribution is 6.42. The third kappa shape index (κ3) is 3.89. The molecular formula is C16H19Cl2N3. The fourth-order valence-corrected chi connectivity index (χ4v) is 2.62. The molecule has 0 amide bonds. The molecule has 0 aliphatic carbocycles. The summed E-state index contributed by atoms with van der Waals surface area (Å²) in [7, 11) is 4.02. The van der Waals surface area contributed by atoms with Crippen LogP contribution in [-0.4, -0.2) is 14.1 Å². The van der Waals surface area contributed by atoms with E-state index in [4.69, 9.17) is 29.0 Å². The predicted molar refractivity (Wildman–Crippen MR) is 91.0 cm³/mol. The van der Waals surface area contributed by atoms with E-state index in [1.807, 2.05) is 32.3 Å². The molecule has 0 aromatic heterocycles. The third-order valence-electron chi connectivity index (χ3n) is 3.45. The van der Waals surface area contributed by atoms with Crippen LogP contribution in [0, 0.1) is 0 Å². The Morgan fingerprint density at radius 3 is 2.52 bits per heavy atom. The van der Waals surface area contributed by atoms with Crippen molar-refractivity contribution in [1.29, 1.82) is 0 Å². The lowest BCUT2D eigenvalue weighted by Crippen LogP contribution is -2.29. The zero-order valence-electron chi connectivity index (χ0n) is 12.1. The first-order chi connectivity index (χ1) is 10.0. The van der Waals surface area contributed by atoms with E-state index in [-0.39, 0.29) is 6.04 Å². The molecular weight excluding hydrogens is 305 g/mol. The van der Waals surface area contributed by atoms with Crippen LogP contribution in [0.15, 0.2) is 42.5 Å². The lowest BCUT2D eigenvalue weighted by molar-refractivity contribution is 0.552. The zero-order chi connectivity index (χ0) is 15.4. The summed E-state index contributed by atoms with van der Waals surface area (Å²) < 4.78 is 0. The van der Waals surface area contributed by atoms with Gasteiger partial charge in [0.05, 0.1) is 16.1 Å². The number of hydrazine groups is 1. The molecule has 112 valence electrons. The molecule has 21 heavy (non-hydrogen) atoms. The van der Waals surface area contributed by atoms with E-state index >= 15 is 0 Å². The van der Waals surface area contributed by atoms with Crippen LogP contribution >= 0.6 is 23.2 Å². The molecule has 0 aliphatic heterocycles. The molecule has 0 bridgehead atoms. The van der Waals surface area contributed by atoms with E-state index in [1.165, 1.54) is 0 Å². The molecule has 1 unspecified atom stereocenters. The molecule has 3 N–H and O–H groups in total. The highest BCUT2D eigenvalue weighted by Crippen LogP contribution is 2.29. The number of nitrogens with zero attached hydrogens (tertiary/aromatic N) is 1. The number of hydrogen-bond acceptors (Lipinski definition) is 3. The van der Waals surface area contributed by atoms with Gasteiger partial charge in [0.2, 0.25) is 0 Å². The topological polar surface area (TPSA) is 41.3 Å². The van der Waals surface area contributed by atoms with Gasteiger partial charge in [0.1, 0.15) is 0 Å². The summed E-state index contributed by atoms with van der Waals surface area (Å²) >= 11 is 12.3. The quantitative estimate of drug-likeness (QED) is 0.649. The first kappa shape index (κ1) is 16.1. The lowest BCUT2D eigenvalue weighted by atomic mass is 9.99. The smallest absolute Gasteiger partial charge is 0.0624 e. The van der Waals surface area contributed by atoms with Crippen molar-refractivity contribution in [3.63, 3.8) is 0 Å². The Hall–Kier alpha value is -1.26. The van der Waals surface area contributed by atoms with Gasteiger partial charge in [-0.1, -0.05) is 47.5 Å². The molecule has 0 radical (unpaired) electrons. The number of halogens is 2. The molecule has 0 saturated heterocycles. The van der Waals surface area contributed by atoms with Crippen molar-refractivity contribution in [3.05, 3.63) is 63.6 Å². The summed E-state index contributed by atoms with van der Waals surface area (Å²) in [4.78, 5) is 2.06. The summed E-state index contributed by atoms with van der Waals surface area (Å²) in [6.45, 7) is 0. The first-order valence-corrected chi connectivity index (χ1v) is 7.45. The Morgan fingerprint density at radius 2 is 1.86 bits per heavy atom. The number of benzene rings is 2. The Morgan fingerprint density at radius 1 is 1.14 bits per heavy atom. The van der Waals surface area contributed by atoms with Gasteiger partial charge in [-0.05, 0) is 35.7 Å². The van der Waals surface area contributed by atoms with Crippen LogP contribution in [0.5, 0.6) is 0 Å². The number of nitrogens with one attached hydrogen (secondary N) is 1. The molecule has 1 atom stereocenters. The first-order valence-electron chi connectivity index (χ1n) is 6.69. The summed E-state index contributed by atoms with van der Waals surface area (Å²) in [5.74, 6) is 5.73. The summed E-state index contributed by atoms with van der Waals surface area (Å²) in [5.41, 5.74) is 6.07. The zero-order valence-corrected chi connectivity index (χ0v) is 13.6. The van der Waals surface area contributed by atoms with E-state index in [2.05, 4.69) is 28.5 Å². The largest absolute Gasteiger partial charge is 0.378 e. The van der Waals surface area contributed by atoms with Gasteiger partial charge in [-0.2, -0.15) is 0 Å². The summed E-state index contributed by atoms with van der Waals surface area (Å²) in [6.07, 6.45) is 0.673. The fourth-order valence-electron chi connectivity index (χ4n) is 2.22. The van der Waals surface area contributed by atoms with Gasteiger partial charge in [0.25, 0.3) is 0 Å². The highest BCUT2D eigenvalue weighted by atomic mass is 35.5. The maximum Gasteiger partial charge on any atom is 0.0624 e. The van der Waals surface area contributed by atoms with Crippen molar-refractivity contribution in [3.8, 4) is 0 Å². The number of hydrogen-bond donors (Lipinski definition) is 2. The number of anilines is 1. The number of nitrogens with two attached hydrogens (primary N) is 1. The van der Waals surface area contributed by atoms with Crippen molar-refractivity contribution in [2.24, 2.45) is 5.84 Å². The van der Waals surface area contributed by atoms with Crippen LogP contribution in [0.4, 0.5) is 5.69 Å². The van der Waals surface area contributed by atoms with Crippen LogP contribution in [0.2, 0.25) is 10.0 Å². The standard InChI is InChI=1S/C16H19Cl2N3/c1-21(2)13-7-3-5-11(9-13)15(20-19)10-12-6-4-8-14(17)16(12)18/h3-9,15,20H,10,19H2,1-2H3. The highest BCUT2D eigenvalue weighted by Gasteiger charge is 2.14. The second-order valence-electron chi connectivity index (χ2n) is 5.13.